The molecule has 0 spiro atoms. The zero-order chi connectivity index (χ0) is 16.5. The molecule has 2 aliphatic heterocycles. The van der Waals surface area contributed by atoms with E-state index >= 15 is 0 Å². The molecular formula is C18H37FN2O. The summed E-state index contributed by atoms with van der Waals surface area (Å²) < 4.78 is 19.8. The van der Waals surface area contributed by atoms with Crippen LogP contribution in [0.4, 0.5) is 4.39 Å². The summed E-state index contributed by atoms with van der Waals surface area (Å²) in [7, 11) is 0. The van der Waals surface area contributed by atoms with Gasteiger partial charge < -0.3 is 9.64 Å². The fourth-order valence-electron chi connectivity index (χ4n) is 3.39. The predicted molar refractivity (Wildman–Crippen MR) is 92.1 cm³/mol. The van der Waals surface area contributed by atoms with Gasteiger partial charge >= 0.3 is 0 Å². The molecule has 2 heterocycles. The molecule has 2 aliphatic rings. The molecule has 3 atom stereocenters. The third-order valence-electron chi connectivity index (χ3n) is 4.95. The number of halogens is 1. The molecule has 2 fully saturated rings. The van der Waals surface area contributed by atoms with Crippen LogP contribution in [-0.2, 0) is 4.74 Å². The molecule has 0 aromatic carbocycles. The number of hydrogen-bond acceptors (Lipinski definition) is 3. The molecule has 3 nitrogen and oxygen atoms in total. The van der Waals surface area contributed by atoms with E-state index in [9.17, 15) is 4.39 Å². The van der Waals surface area contributed by atoms with E-state index in [0.29, 0.717) is 18.7 Å². The van der Waals surface area contributed by atoms with E-state index < -0.39 is 6.17 Å². The van der Waals surface area contributed by atoms with Gasteiger partial charge in [-0.3, -0.25) is 4.90 Å². The van der Waals surface area contributed by atoms with Crippen LogP contribution in [0.25, 0.3) is 0 Å². The molecule has 0 N–H and O–H groups in total. The molecule has 0 bridgehead atoms. The second-order valence-corrected chi connectivity index (χ2v) is 6.64. The Labute approximate surface area is 137 Å². The zero-order valence-electron chi connectivity index (χ0n) is 15.4. The number of hydrogen-bond donors (Lipinski definition) is 0. The summed E-state index contributed by atoms with van der Waals surface area (Å²) in [5, 5.41) is 0. The van der Waals surface area contributed by atoms with Crippen molar-refractivity contribution in [2.24, 2.45) is 5.92 Å². The minimum Gasteiger partial charge on any atom is -0.376 e. The maximum absolute atomic E-state index is 14.0. The third-order valence-corrected chi connectivity index (χ3v) is 4.95. The number of ether oxygens (including phenoxy) is 1. The number of morpholine rings is 1. The third kappa shape index (κ3) is 6.13. The van der Waals surface area contributed by atoms with E-state index in [4.69, 9.17) is 4.74 Å². The molecule has 132 valence electrons. The van der Waals surface area contributed by atoms with Crippen LogP contribution in [0.1, 0.15) is 53.9 Å². The van der Waals surface area contributed by atoms with Gasteiger partial charge in [-0.1, -0.05) is 27.2 Å². The van der Waals surface area contributed by atoms with Gasteiger partial charge in [0.25, 0.3) is 0 Å². The Morgan fingerprint density at radius 2 is 1.91 bits per heavy atom. The van der Waals surface area contributed by atoms with Crippen LogP contribution in [0.2, 0.25) is 0 Å². The first-order valence-electron chi connectivity index (χ1n) is 9.32. The normalized spacial score (nSPS) is 31.0. The Balaban J connectivity index is 0.00000116. The van der Waals surface area contributed by atoms with Crippen molar-refractivity contribution in [1.82, 2.24) is 9.80 Å². The quantitative estimate of drug-likeness (QED) is 0.771. The van der Waals surface area contributed by atoms with Crippen LogP contribution in [0.3, 0.4) is 0 Å². The van der Waals surface area contributed by atoms with Crippen molar-refractivity contribution in [2.45, 2.75) is 72.2 Å². The summed E-state index contributed by atoms with van der Waals surface area (Å²) in [6.07, 6.45) is 2.72. The topological polar surface area (TPSA) is 15.7 Å². The van der Waals surface area contributed by atoms with Crippen molar-refractivity contribution in [2.75, 3.05) is 39.3 Å². The Hall–Kier alpha value is -0.190. The number of rotatable bonds is 5. The van der Waals surface area contributed by atoms with Crippen molar-refractivity contribution in [3.05, 3.63) is 0 Å². The molecule has 0 aliphatic carbocycles. The molecular weight excluding hydrogens is 279 g/mol. The second-order valence-electron chi connectivity index (χ2n) is 6.64. The van der Waals surface area contributed by atoms with E-state index in [0.717, 1.165) is 52.0 Å². The lowest BCUT2D eigenvalue weighted by Gasteiger charge is -2.38. The highest BCUT2D eigenvalue weighted by molar-refractivity contribution is 4.81. The fraction of sp³-hybridized carbons (Fsp3) is 1.00. The summed E-state index contributed by atoms with van der Waals surface area (Å²) in [4.78, 5) is 4.77. The van der Waals surface area contributed by atoms with Crippen LogP contribution < -0.4 is 0 Å². The van der Waals surface area contributed by atoms with Crippen LogP contribution in [0.15, 0.2) is 0 Å². The van der Waals surface area contributed by atoms with Crippen LogP contribution in [0, 0.1) is 5.92 Å². The molecule has 3 unspecified atom stereocenters. The largest absolute Gasteiger partial charge is 0.376 e. The highest BCUT2D eigenvalue weighted by Gasteiger charge is 2.29. The number of piperidine rings is 1. The van der Waals surface area contributed by atoms with E-state index in [2.05, 4.69) is 30.6 Å². The Bertz CT molecular complexity index is 288. The van der Waals surface area contributed by atoms with Gasteiger partial charge in [0, 0.05) is 32.2 Å². The number of nitrogens with zero attached hydrogens (tertiary/aromatic N) is 2. The lowest BCUT2D eigenvalue weighted by Crippen LogP contribution is -2.48. The molecule has 2 rings (SSSR count). The standard InChI is InChI=1S/C16H31FN2O.C2H6/c1-4-14-5-7-18(12-16(14)17)8-6-15-11-19(13(2)3)9-10-20-15;1-2/h13-16H,4-12H2,1-3H3;1-2H3. The minimum atomic E-state index is -0.631. The van der Waals surface area contributed by atoms with Gasteiger partial charge in [-0.2, -0.15) is 0 Å². The highest BCUT2D eigenvalue weighted by Crippen LogP contribution is 2.23. The van der Waals surface area contributed by atoms with Crippen LogP contribution >= 0.6 is 0 Å². The van der Waals surface area contributed by atoms with Gasteiger partial charge in [-0.05, 0) is 39.2 Å². The number of likely N-dealkylation sites (tertiary alicyclic amines) is 1. The second kappa shape index (κ2) is 10.6. The van der Waals surface area contributed by atoms with Crippen molar-refractivity contribution >= 4 is 0 Å². The Kier molecular flexibility index (Phi) is 9.53. The lowest BCUT2D eigenvalue weighted by molar-refractivity contribution is -0.0474. The van der Waals surface area contributed by atoms with Gasteiger partial charge in [0.15, 0.2) is 0 Å². The van der Waals surface area contributed by atoms with E-state index in [-0.39, 0.29) is 5.92 Å². The summed E-state index contributed by atoms with van der Waals surface area (Å²) in [6, 6.07) is 0.594. The van der Waals surface area contributed by atoms with E-state index in [1.807, 2.05) is 13.8 Å². The van der Waals surface area contributed by atoms with E-state index in [1.165, 1.54) is 0 Å². The summed E-state index contributed by atoms with van der Waals surface area (Å²) in [5.41, 5.74) is 0. The minimum absolute atomic E-state index is 0.286. The zero-order valence-corrected chi connectivity index (χ0v) is 15.4. The first kappa shape index (κ1) is 19.9. The van der Waals surface area contributed by atoms with Gasteiger partial charge in [0.2, 0.25) is 0 Å². The maximum Gasteiger partial charge on any atom is 0.116 e. The summed E-state index contributed by atoms with van der Waals surface area (Å²) in [5.74, 6) is 0.286. The monoisotopic (exact) mass is 316 g/mol. The highest BCUT2D eigenvalue weighted by atomic mass is 19.1. The fourth-order valence-corrected chi connectivity index (χ4v) is 3.39. The lowest BCUT2D eigenvalue weighted by atomic mass is 9.92. The smallest absolute Gasteiger partial charge is 0.116 e. The molecule has 22 heavy (non-hydrogen) atoms. The van der Waals surface area contributed by atoms with E-state index in [1.54, 1.807) is 0 Å². The SMILES string of the molecule is CC.CCC1CCN(CCC2CN(C(C)C)CCO2)CC1F. The van der Waals surface area contributed by atoms with Gasteiger partial charge in [-0.25, -0.2) is 4.39 Å². The average molecular weight is 317 g/mol. The van der Waals surface area contributed by atoms with Gasteiger partial charge in [-0.15, -0.1) is 0 Å². The molecule has 0 amide bonds. The molecule has 0 radical (unpaired) electrons. The molecule has 0 aromatic heterocycles. The van der Waals surface area contributed by atoms with Crippen molar-refractivity contribution in [1.29, 1.82) is 0 Å². The van der Waals surface area contributed by atoms with Crippen LogP contribution in [-0.4, -0.2) is 67.4 Å². The van der Waals surface area contributed by atoms with Gasteiger partial charge in [0.1, 0.15) is 6.17 Å². The molecule has 4 heteroatoms. The first-order chi connectivity index (χ1) is 10.6. The summed E-state index contributed by atoms with van der Waals surface area (Å²) in [6.45, 7) is 16.2. The maximum atomic E-state index is 14.0. The molecule has 2 saturated heterocycles. The summed E-state index contributed by atoms with van der Waals surface area (Å²) >= 11 is 0. The first-order valence-corrected chi connectivity index (χ1v) is 9.32. The molecule has 0 aromatic rings. The van der Waals surface area contributed by atoms with Crippen molar-refractivity contribution in [3.8, 4) is 0 Å². The van der Waals surface area contributed by atoms with Crippen molar-refractivity contribution in [3.63, 3.8) is 0 Å². The Morgan fingerprint density at radius 3 is 2.50 bits per heavy atom. The average Bonchev–Trinajstić information content (AvgIpc) is 2.55. The molecule has 0 saturated carbocycles. The number of alkyl halides is 1. The predicted octanol–water partition coefficient (Wildman–Crippen LogP) is 3.58. The van der Waals surface area contributed by atoms with Crippen molar-refractivity contribution < 1.29 is 9.13 Å². The Morgan fingerprint density at radius 1 is 1.18 bits per heavy atom. The van der Waals surface area contributed by atoms with Crippen LogP contribution in [0.5, 0.6) is 0 Å². The van der Waals surface area contributed by atoms with Gasteiger partial charge in [0.05, 0.1) is 12.7 Å².